The van der Waals surface area contributed by atoms with Gasteiger partial charge in [0.05, 0.1) is 31.6 Å². The maximum atomic E-state index is 14.6. The maximum absolute atomic E-state index is 14.6. The van der Waals surface area contributed by atoms with Crippen molar-refractivity contribution in [3.8, 4) is 11.1 Å². The van der Waals surface area contributed by atoms with Gasteiger partial charge in [-0.25, -0.2) is 18.7 Å². The minimum Gasteiger partial charge on any atom is -0.374 e. The predicted molar refractivity (Wildman–Crippen MR) is 150 cm³/mol. The number of rotatable bonds is 5. The molecule has 4 aromatic rings. The van der Waals surface area contributed by atoms with Gasteiger partial charge in [0.1, 0.15) is 11.5 Å². The second-order valence-electron chi connectivity index (χ2n) is 10.2. The predicted octanol–water partition coefficient (Wildman–Crippen LogP) is 4.12. The Morgan fingerprint density at radius 2 is 1.80 bits per heavy atom. The lowest BCUT2D eigenvalue weighted by Crippen LogP contribution is -2.55. The van der Waals surface area contributed by atoms with E-state index in [0.29, 0.717) is 50.0 Å². The molecule has 11 heteroatoms. The standard InChI is InChI=1S/C30H28F2N6O3/c1-18-11-24(23-5-3-4-6-25(23)32)27(36(18)2)28(39)29(40)35-21-7-8-26-19(12-21)16-41-17-22-15-37(9-10-38(22)26)30-33-13-20(31)14-34-30/h3-8,11-14,22H,9-10,15-17H2,1-2H3,(H,35,40). The van der Waals surface area contributed by atoms with Crippen molar-refractivity contribution >= 4 is 29.0 Å². The van der Waals surface area contributed by atoms with E-state index < -0.39 is 23.3 Å². The van der Waals surface area contributed by atoms with Crippen LogP contribution in [0.25, 0.3) is 11.1 Å². The van der Waals surface area contributed by atoms with Gasteiger partial charge in [0.15, 0.2) is 5.82 Å². The molecule has 0 spiro atoms. The highest BCUT2D eigenvalue weighted by atomic mass is 19.1. The van der Waals surface area contributed by atoms with Crippen molar-refractivity contribution in [2.75, 3.05) is 41.4 Å². The van der Waals surface area contributed by atoms with Crippen LogP contribution >= 0.6 is 0 Å². The average molecular weight is 559 g/mol. The second kappa shape index (κ2) is 10.7. The lowest BCUT2D eigenvalue weighted by atomic mass is 10.0. The monoisotopic (exact) mass is 558 g/mol. The van der Waals surface area contributed by atoms with Crippen LogP contribution in [0.15, 0.2) is 60.9 Å². The molecule has 9 nitrogen and oxygen atoms in total. The molecule has 2 aromatic heterocycles. The number of halogens is 2. The third-order valence-electron chi connectivity index (χ3n) is 7.65. The molecular weight excluding hydrogens is 530 g/mol. The summed E-state index contributed by atoms with van der Waals surface area (Å²) < 4.78 is 35.4. The zero-order valence-corrected chi connectivity index (χ0v) is 22.6. The molecule has 0 bridgehead atoms. The number of fused-ring (bicyclic) bond motifs is 3. The van der Waals surface area contributed by atoms with Crippen LogP contribution in [0.5, 0.6) is 0 Å². The van der Waals surface area contributed by atoms with Gasteiger partial charge in [-0.3, -0.25) is 9.59 Å². The van der Waals surface area contributed by atoms with Crippen LogP contribution in [0.2, 0.25) is 0 Å². The summed E-state index contributed by atoms with van der Waals surface area (Å²) in [6, 6.07) is 13.4. The van der Waals surface area contributed by atoms with Gasteiger partial charge in [0.2, 0.25) is 5.95 Å². The van der Waals surface area contributed by atoms with E-state index in [0.717, 1.165) is 29.3 Å². The number of Topliss-reactive ketones (excluding diaryl/α,β-unsaturated/α-hetero) is 1. The molecule has 1 amide bonds. The van der Waals surface area contributed by atoms with Crippen LogP contribution in [-0.2, 0) is 23.2 Å². The number of aryl methyl sites for hydroxylation is 1. The molecule has 2 aliphatic heterocycles. The van der Waals surface area contributed by atoms with Crippen LogP contribution < -0.4 is 15.1 Å². The van der Waals surface area contributed by atoms with Crippen molar-refractivity contribution in [2.45, 2.75) is 19.6 Å². The molecule has 0 saturated carbocycles. The quantitative estimate of drug-likeness (QED) is 0.291. The van der Waals surface area contributed by atoms with Crippen molar-refractivity contribution in [3.05, 3.63) is 89.5 Å². The molecule has 1 atom stereocenters. The summed E-state index contributed by atoms with van der Waals surface area (Å²) in [6.07, 6.45) is 2.32. The molecule has 0 aliphatic carbocycles. The summed E-state index contributed by atoms with van der Waals surface area (Å²) in [6.45, 7) is 4.54. The number of amides is 1. The third kappa shape index (κ3) is 5.04. The molecule has 4 heterocycles. The van der Waals surface area contributed by atoms with Gasteiger partial charge in [0.25, 0.3) is 11.7 Å². The average Bonchev–Trinajstić information content (AvgIpc) is 3.14. The Morgan fingerprint density at radius 3 is 2.59 bits per heavy atom. The number of benzene rings is 2. The summed E-state index contributed by atoms with van der Waals surface area (Å²) >= 11 is 0. The van der Waals surface area contributed by atoms with Crippen LogP contribution in [0.4, 0.5) is 26.1 Å². The number of aromatic nitrogens is 3. The lowest BCUT2D eigenvalue weighted by Gasteiger charge is -2.42. The summed E-state index contributed by atoms with van der Waals surface area (Å²) in [5, 5.41) is 2.72. The summed E-state index contributed by atoms with van der Waals surface area (Å²) in [5.41, 5.74) is 3.80. The zero-order chi connectivity index (χ0) is 28.7. The van der Waals surface area contributed by atoms with Crippen molar-refractivity contribution < 1.29 is 23.1 Å². The Labute approximate surface area is 235 Å². The van der Waals surface area contributed by atoms with Gasteiger partial charge in [0, 0.05) is 60.4 Å². The van der Waals surface area contributed by atoms with E-state index in [9.17, 15) is 18.4 Å². The zero-order valence-electron chi connectivity index (χ0n) is 22.6. The number of carbonyl (C=O) groups excluding carboxylic acids is 2. The molecule has 2 aliphatic rings. The molecule has 1 unspecified atom stereocenters. The first kappa shape index (κ1) is 26.6. The van der Waals surface area contributed by atoms with Crippen molar-refractivity contribution in [1.29, 1.82) is 0 Å². The molecule has 1 fully saturated rings. The Kier molecular flexibility index (Phi) is 6.96. The first-order valence-corrected chi connectivity index (χ1v) is 13.3. The maximum Gasteiger partial charge on any atom is 0.298 e. The molecule has 1 saturated heterocycles. The summed E-state index contributed by atoms with van der Waals surface area (Å²) in [5.74, 6) is -2.05. The highest BCUT2D eigenvalue weighted by molar-refractivity contribution is 6.47. The van der Waals surface area contributed by atoms with Gasteiger partial charge in [-0.2, -0.15) is 0 Å². The summed E-state index contributed by atoms with van der Waals surface area (Å²) in [7, 11) is 1.68. The number of ketones is 1. The van der Waals surface area contributed by atoms with E-state index in [1.165, 1.54) is 6.07 Å². The SMILES string of the molecule is Cc1cc(-c2ccccc2F)c(C(=O)C(=O)Nc2ccc3c(c2)COCC2CN(c4ncc(F)cn4)CCN32)n1C. The molecule has 210 valence electrons. The Balaban J connectivity index is 1.20. The van der Waals surface area contributed by atoms with E-state index in [2.05, 4.69) is 20.2 Å². The van der Waals surface area contributed by atoms with Gasteiger partial charge < -0.3 is 24.4 Å². The van der Waals surface area contributed by atoms with Crippen LogP contribution in [0.1, 0.15) is 21.7 Å². The van der Waals surface area contributed by atoms with Gasteiger partial charge in [-0.15, -0.1) is 0 Å². The normalized spacial score (nSPS) is 16.5. The van der Waals surface area contributed by atoms with Crippen molar-refractivity contribution in [3.63, 3.8) is 0 Å². The number of anilines is 3. The molecule has 0 radical (unpaired) electrons. The second-order valence-corrected chi connectivity index (χ2v) is 10.2. The molecule has 2 aromatic carbocycles. The van der Waals surface area contributed by atoms with Crippen LogP contribution in [-0.4, -0.2) is 58.5 Å². The fraction of sp³-hybridized carbons (Fsp3) is 0.267. The van der Waals surface area contributed by atoms with E-state index in [1.807, 2.05) is 17.0 Å². The van der Waals surface area contributed by atoms with E-state index >= 15 is 0 Å². The van der Waals surface area contributed by atoms with Gasteiger partial charge in [-0.05, 0) is 37.3 Å². The first-order valence-electron chi connectivity index (χ1n) is 13.3. The van der Waals surface area contributed by atoms with Crippen molar-refractivity contribution in [2.24, 2.45) is 7.05 Å². The number of nitrogens with zero attached hydrogens (tertiary/aromatic N) is 5. The highest BCUT2D eigenvalue weighted by Crippen LogP contribution is 2.33. The molecule has 1 N–H and O–H groups in total. The molecular formula is C30H28F2N6O3. The smallest absolute Gasteiger partial charge is 0.298 e. The summed E-state index contributed by atoms with van der Waals surface area (Å²) in [4.78, 5) is 39.0. The highest BCUT2D eigenvalue weighted by Gasteiger charge is 2.32. The van der Waals surface area contributed by atoms with E-state index in [1.54, 1.807) is 48.9 Å². The third-order valence-corrected chi connectivity index (χ3v) is 7.65. The number of hydrogen-bond acceptors (Lipinski definition) is 7. The van der Waals surface area contributed by atoms with Crippen molar-refractivity contribution in [1.82, 2.24) is 14.5 Å². The Bertz CT molecular complexity index is 1640. The van der Waals surface area contributed by atoms with Gasteiger partial charge in [-0.1, -0.05) is 18.2 Å². The van der Waals surface area contributed by atoms with Crippen LogP contribution in [0, 0.1) is 18.6 Å². The van der Waals surface area contributed by atoms with E-state index in [4.69, 9.17) is 4.74 Å². The van der Waals surface area contributed by atoms with E-state index in [-0.39, 0.29) is 17.3 Å². The Morgan fingerprint density at radius 1 is 1.02 bits per heavy atom. The number of piperazine rings is 1. The topological polar surface area (TPSA) is 92.6 Å². The van der Waals surface area contributed by atoms with Gasteiger partial charge >= 0.3 is 0 Å². The van der Waals surface area contributed by atoms with Crippen LogP contribution in [0.3, 0.4) is 0 Å². The number of ether oxygens (including phenoxy) is 1. The minimum atomic E-state index is -0.816. The largest absolute Gasteiger partial charge is 0.374 e. The fourth-order valence-corrected chi connectivity index (χ4v) is 5.52. The molecule has 6 rings (SSSR count). The first-order chi connectivity index (χ1) is 19.8. The molecule has 41 heavy (non-hydrogen) atoms. The lowest BCUT2D eigenvalue weighted by molar-refractivity contribution is -0.112. The number of carbonyl (C=O) groups is 2. The Hall–Kier alpha value is -4.64. The number of hydrogen-bond donors (Lipinski definition) is 1. The fourth-order valence-electron chi connectivity index (χ4n) is 5.52. The minimum absolute atomic E-state index is 0.0260. The number of nitrogens with one attached hydrogen (secondary N) is 1.